The summed E-state index contributed by atoms with van der Waals surface area (Å²) in [5.41, 5.74) is -0.514. The van der Waals surface area contributed by atoms with Gasteiger partial charge in [-0.25, -0.2) is 0 Å². The lowest BCUT2D eigenvalue weighted by Crippen LogP contribution is -2.64. The van der Waals surface area contributed by atoms with Gasteiger partial charge in [0.25, 0.3) is 0 Å². The summed E-state index contributed by atoms with van der Waals surface area (Å²) in [5, 5.41) is 9.64. The summed E-state index contributed by atoms with van der Waals surface area (Å²) >= 11 is 0. The van der Waals surface area contributed by atoms with Gasteiger partial charge in [0.15, 0.2) is 0 Å². The first-order chi connectivity index (χ1) is 6.48. The van der Waals surface area contributed by atoms with Crippen molar-refractivity contribution in [3.63, 3.8) is 0 Å². The van der Waals surface area contributed by atoms with Crippen molar-refractivity contribution >= 4 is 5.78 Å². The first kappa shape index (κ1) is 10.1. The molecule has 2 rings (SSSR count). The van der Waals surface area contributed by atoms with Gasteiger partial charge in [-0.1, -0.05) is 6.92 Å². The number of nitrogens with zero attached hydrogens (tertiary/aromatic N) is 1. The Morgan fingerprint density at radius 2 is 2.14 bits per heavy atom. The zero-order valence-electron chi connectivity index (χ0n) is 8.99. The van der Waals surface area contributed by atoms with E-state index in [1.807, 2.05) is 6.92 Å². The van der Waals surface area contributed by atoms with Gasteiger partial charge in [-0.05, 0) is 19.3 Å². The van der Waals surface area contributed by atoms with Gasteiger partial charge in [0.05, 0.1) is 5.60 Å². The predicted molar refractivity (Wildman–Crippen MR) is 54.0 cm³/mol. The van der Waals surface area contributed by atoms with E-state index in [1.165, 1.54) is 0 Å². The number of hydrogen-bond acceptors (Lipinski definition) is 3. The summed E-state index contributed by atoms with van der Waals surface area (Å²) < 4.78 is 0. The van der Waals surface area contributed by atoms with E-state index in [0.717, 1.165) is 25.9 Å². The monoisotopic (exact) mass is 197 g/mol. The van der Waals surface area contributed by atoms with E-state index in [1.54, 1.807) is 0 Å². The van der Waals surface area contributed by atoms with Gasteiger partial charge in [0.1, 0.15) is 5.78 Å². The Morgan fingerprint density at radius 3 is 2.71 bits per heavy atom. The minimum Gasteiger partial charge on any atom is -0.388 e. The lowest BCUT2D eigenvalue weighted by Gasteiger charge is -2.51. The number of ketones is 1. The van der Waals surface area contributed by atoms with Crippen LogP contribution in [0.1, 0.15) is 33.1 Å². The SMILES string of the molecule is CC1CCC(=O)CC1N1CC(C)(O)C1. The number of carbonyl (C=O) groups is 1. The molecule has 14 heavy (non-hydrogen) atoms. The van der Waals surface area contributed by atoms with Crippen LogP contribution in [0.25, 0.3) is 0 Å². The smallest absolute Gasteiger partial charge is 0.134 e. The van der Waals surface area contributed by atoms with Crippen LogP contribution in [0.15, 0.2) is 0 Å². The Balaban J connectivity index is 1.94. The lowest BCUT2D eigenvalue weighted by molar-refractivity contribution is -0.135. The van der Waals surface area contributed by atoms with E-state index in [9.17, 15) is 9.90 Å². The van der Waals surface area contributed by atoms with Gasteiger partial charge in [-0.2, -0.15) is 0 Å². The molecule has 1 aliphatic carbocycles. The van der Waals surface area contributed by atoms with Gasteiger partial charge in [-0.15, -0.1) is 0 Å². The third kappa shape index (κ3) is 1.84. The molecule has 3 heteroatoms. The van der Waals surface area contributed by atoms with Gasteiger partial charge >= 0.3 is 0 Å². The lowest BCUT2D eigenvalue weighted by atomic mass is 9.81. The van der Waals surface area contributed by atoms with Crippen LogP contribution < -0.4 is 0 Å². The van der Waals surface area contributed by atoms with Crippen LogP contribution in [0, 0.1) is 5.92 Å². The van der Waals surface area contributed by atoms with E-state index in [-0.39, 0.29) is 0 Å². The molecule has 1 saturated heterocycles. The third-order valence-corrected chi connectivity index (χ3v) is 3.53. The normalized spacial score (nSPS) is 38.1. The highest BCUT2D eigenvalue weighted by molar-refractivity contribution is 5.79. The topological polar surface area (TPSA) is 40.5 Å². The zero-order chi connectivity index (χ0) is 10.3. The van der Waals surface area contributed by atoms with Crippen molar-refractivity contribution < 1.29 is 9.90 Å². The summed E-state index contributed by atoms with van der Waals surface area (Å²) in [4.78, 5) is 13.6. The summed E-state index contributed by atoms with van der Waals surface area (Å²) in [6.07, 6.45) is 2.46. The zero-order valence-corrected chi connectivity index (χ0v) is 8.99. The van der Waals surface area contributed by atoms with E-state index in [4.69, 9.17) is 0 Å². The minimum absolute atomic E-state index is 0.386. The van der Waals surface area contributed by atoms with E-state index in [0.29, 0.717) is 24.2 Å². The van der Waals surface area contributed by atoms with Gasteiger partial charge in [0.2, 0.25) is 0 Å². The van der Waals surface area contributed by atoms with Crippen molar-refractivity contribution in [1.29, 1.82) is 0 Å². The molecule has 0 spiro atoms. The molecule has 0 bridgehead atoms. The minimum atomic E-state index is -0.514. The molecule has 0 amide bonds. The Hall–Kier alpha value is -0.410. The van der Waals surface area contributed by atoms with Crippen LogP contribution in [0.2, 0.25) is 0 Å². The number of likely N-dealkylation sites (tertiary alicyclic amines) is 1. The number of Topliss-reactive ketones (excluding diaryl/α,β-unsaturated/α-hetero) is 1. The highest BCUT2D eigenvalue weighted by atomic mass is 16.3. The Labute approximate surface area is 85.1 Å². The second-order valence-electron chi connectivity index (χ2n) is 5.23. The molecule has 0 radical (unpaired) electrons. The highest BCUT2D eigenvalue weighted by Gasteiger charge is 2.43. The molecule has 3 nitrogen and oxygen atoms in total. The average Bonchev–Trinajstić information content (AvgIpc) is 2.05. The third-order valence-electron chi connectivity index (χ3n) is 3.53. The van der Waals surface area contributed by atoms with Crippen molar-refractivity contribution in [1.82, 2.24) is 4.90 Å². The fourth-order valence-electron chi connectivity index (χ4n) is 2.67. The molecule has 0 aromatic rings. The van der Waals surface area contributed by atoms with Gasteiger partial charge < -0.3 is 5.11 Å². The van der Waals surface area contributed by atoms with Crippen LogP contribution >= 0.6 is 0 Å². The maximum Gasteiger partial charge on any atom is 0.134 e. The summed E-state index contributed by atoms with van der Waals surface area (Å²) in [7, 11) is 0. The first-order valence-electron chi connectivity index (χ1n) is 5.46. The molecule has 2 unspecified atom stereocenters. The van der Waals surface area contributed by atoms with Crippen LogP contribution in [0.5, 0.6) is 0 Å². The fraction of sp³-hybridized carbons (Fsp3) is 0.909. The molecular weight excluding hydrogens is 178 g/mol. The Bertz CT molecular complexity index is 242. The molecule has 1 N–H and O–H groups in total. The second-order valence-corrected chi connectivity index (χ2v) is 5.23. The van der Waals surface area contributed by atoms with Crippen molar-refractivity contribution in [3.05, 3.63) is 0 Å². The highest BCUT2D eigenvalue weighted by Crippen LogP contribution is 2.32. The summed E-state index contributed by atoms with van der Waals surface area (Å²) in [5.74, 6) is 0.989. The second kappa shape index (κ2) is 3.31. The molecule has 1 heterocycles. The summed E-state index contributed by atoms with van der Waals surface area (Å²) in [6.45, 7) is 5.54. The van der Waals surface area contributed by atoms with Crippen LogP contribution in [0.3, 0.4) is 0 Å². The maximum absolute atomic E-state index is 11.3. The maximum atomic E-state index is 11.3. The van der Waals surface area contributed by atoms with E-state index in [2.05, 4.69) is 11.8 Å². The Kier molecular flexibility index (Phi) is 2.40. The molecule has 1 aliphatic heterocycles. The number of carbonyl (C=O) groups excluding carboxylic acids is 1. The quantitative estimate of drug-likeness (QED) is 0.676. The molecule has 0 aromatic carbocycles. The largest absolute Gasteiger partial charge is 0.388 e. The summed E-state index contributed by atoms with van der Waals surface area (Å²) in [6, 6.07) is 0.386. The van der Waals surface area contributed by atoms with Crippen molar-refractivity contribution in [3.8, 4) is 0 Å². The molecule has 1 saturated carbocycles. The van der Waals surface area contributed by atoms with E-state index >= 15 is 0 Å². The molecular formula is C11H19NO2. The molecule has 2 aliphatic rings. The van der Waals surface area contributed by atoms with Gasteiger partial charge in [-0.3, -0.25) is 9.69 Å². The average molecular weight is 197 g/mol. The molecule has 2 atom stereocenters. The molecule has 80 valence electrons. The number of rotatable bonds is 1. The van der Waals surface area contributed by atoms with Crippen LogP contribution in [-0.2, 0) is 4.79 Å². The number of aliphatic hydroxyl groups is 1. The first-order valence-corrected chi connectivity index (χ1v) is 5.46. The Morgan fingerprint density at radius 1 is 1.50 bits per heavy atom. The molecule has 2 fully saturated rings. The van der Waals surface area contributed by atoms with Crippen molar-refractivity contribution in [2.24, 2.45) is 5.92 Å². The number of hydrogen-bond donors (Lipinski definition) is 1. The predicted octanol–water partition coefficient (Wildman–Crippen LogP) is 0.811. The van der Waals surface area contributed by atoms with E-state index < -0.39 is 5.60 Å². The molecule has 0 aromatic heterocycles. The van der Waals surface area contributed by atoms with Crippen molar-refractivity contribution in [2.45, 2.75) is 44.8 Å². The van der Waals surface area contributed by atoms with Crippen molar-refractivity contribution in [2.75, 3.05) is 13.1 Å². The van der Waals surface area contributed by atoms with Crippen LogP contribution in [-0.4, -0.2) is 40.5 Å². The number of β-amino-alcohol motifs (C(OH)–C–C–N with tert-alkyl or cyclic N) is 1. The van der Waals surface area contributed by atoms with Crippen LogP contribution in [0.4, 0.5) is 0 Å². The van der Waals surface area contributed by atoms with Gasteiger partial charge in [0, 0.05) is 32.0 Å². The standard InChI is InChI=1S/C11H19NO2/c1-8-3-4-9(13)5-10(8)12-6-11(2,14)7-12/h8,10,14H,3-7H2,1-2H3. The fourth-order valence-corrected chi connectivity index (χ4v) is 2.67.